The molecule has 0 aliphatic rings. The monoisotopic (exact) mass is 273 g/mol. The van der Waals surface area contributed by atoms with Crippen molar-refractivity contribution in [2.75, 3.05) is 5.32 Å². The number of primary amides is 1. The highest BCUT2D eigenvalue weighted by Crippen LogP contribution is 2.26. The van der Waals surface area contributed by atoms with Crippen molar-refractivity contribution in [3.8, 4) is 0 Å². The summed E-state index contributed by atoms with van der Waals surface area (Å²) in [6, 6.07) is 0.165. The van der Waals surface area contributed by atoms with Gasteiger partial charge in [-0.2, -0.15) is 0 Å². The second-order valence-corrected chi connectivity index (χ2v) is 4.31. The van der Waals surface area contributed by atoms with Crippen molar-refractivity contribution < 1.29 is 18.5 Å². The molecule has 0 spiro atoms. The summed E-state index contributed by atoms with van der Waals surface area (Å²) < 4.78 is 27.2. The first kappa shape index (κ1) is 14.8. The maximum Gasteiger partial charge on any atom is 0.275 e. The smallest absolute Gasteiger partial charge is 0.275 e. The van der Waals surface area contributed by atoms with Crippen molar-refractivity contribution in [2.45, 2.75) is 19.9 Å². The Morgan fingerprint density at radius 3 is 2.16 bits per heavy atom. The van der Waals surface area contributed by atoms with Gasteiger partial charge in [0.25, 0.3) is 5.69 Å². The molecule has 19 heavy (non-hydrogen) atoms. The molecule has 1 unspecified atom stereocenters. The highest BCUT2D eigenvalue weighted by Gasteiger charge is 2.24. The minimum Gasteiger partial charge on any atom is -0.369 e. The van der Waals surface area contributed by atoms with E-state index in [1.807, 2.05) is 0 Å². The van der Waals surface area contributed by atoms with Crippen LogP contribution in [-0.4, -0.2) is 16.9 Å². The average molecular weight is 273 g/mol. The molecule has 3 N–H and O–H groups in total. The van der Waals surface area contributed by atoms with Crippen LogP contribution in [0, 0.1) is 27.7 Å². The first-order valence-corrected chi connectivity index (χ1v) is 5.43. The zero-order valence-electron chi connectivity index (χ0n) is 10.3. The van der Waals surface area contributed by atoms with Crippen molar-refractivity contribution in [1.82, 2.24) is 0 Å². The van der Waals surface area contributed by atoms with Crippen LogP contribution in [0.15, 0.2) is 12.1 Å². The number of rotatable bonds is 5. The first-order chi connectivity index (χ1) is 8.73. The maximum atomic E-state index is 13.6. The Labute approximate surface area is 107 Å². The molecule has 1 aromatic rings. The van der Waals surface area contributed by atoms with Gasteiger partial charge in [-0.25, -0.2) is 8.78 Å². The van der Waals surface area contributed by atoms with Crippen LogP contribution in [-0.2, 0) is 4.79 Å². The van der Waals surface area contributed by atoms with Gasteiger partial charge in [0.05, 0.1) is 17.1 Å². The molecular weight excluding hydrogens is 260 g/mol. The van der Waals surface area contributed by atoms with Crippen molar-refractivity contribution in [1.29, 1.82) is 0 Å². The molecule has 0 radical (unpaired) electrons. The third-order valence-corrected chi connectivity index (χ3v) is 2.51. The molecular formula is C11H13F2N3O3. The van der Waals surface area contributed by atoms with Gasteiger partial charge in [0.1, 0.15) is 11.7 Å². The fourth-order valence-corrected chi connectivity index (χ4v) is 1.52. The van der Waals surface area contributed by atoms with Crippen LogP contribution >= 0.6 is 0 Å². The minimum absolute atomic E-state index is 0.300. The lowest BCUT2D eigenvalue weighted by Crippen LogP contribution is -2.40. The van der Waals surface area contributed by atoms with Crippen molar-refractivity contribution in [3.63, 3.8) is 0 Å². The molecule has 1 rings (SSSR count). The second-order valence-electron chi connectivity index (χ2n) is 4.31. The largest absolute Gasteiger partial charge is 0.369 e. The van der Waals surface area contributed by atoms with Crippen LogP contribution in [0.4, 0.5) is 20.2 Å². The highest BCUT2D eigenvalue weighted by atomic mass is 19.1. The van der Waals surface area contributed by atoms with Crippen LogP contribution in [0.25, 0.3) is 0 Å². The Morgan fingerprint density at radius 1 is 1.37 bits per heavy atom. The van der Waals surface area contributed by atoms with Gasteiger partial charge in [0, 0.05) is 0 Å². The number of anilines is 1. The Kier molecular flexibility index (Phi) is 4.36. The van der Waals surface area contributed by atoms with Crippen LogP contribution in [0.5, 0.6) is 0 Å². The highest BCUT2D eigenvalue weighted by molar-refractivity contribution is 5.83. The van der Waals surface area contributed by atoms with Crippen LogP contribution in [0.2, 0.25) is 0 Å². The van der Waals surface area contributed by atoms with E-state index < -0.39 is 39.9 Å². The number of nitrogens with zero attached hydrogens (tertiary/aromatic N) is 1. The summed E-state index contributed by atoms with van der Waals surface area (Å²) in [6.45, 7) is 3.28. The van der Waals surface area contributed by atoms with Gasteiger partial charge in [-0.05, 0) is 5.92 Å². The molecule has 0 aliphatic heterocycles. The molecule has 1 aromatic carbocycles. The van der Waals surface area contributed by atoms with Gasteiger partial charge in [0.2, 0.25) is 5.91 Å². The van der Waals surface area contributed by atoms with Crippen molar-refractivity contribution in [2.24, 2.45) is 11.7 Å². The van der Waals surface area contributed by atoms with Crippen molar-refractivity contribution in [3.05, 3.63) is 33.9 Å². The molecule has 0 bridgehead atoms. The number of non-ortho nitro benzene ring substituents is 1. The fraction of sp³-hybridized carbons (Fsp3) is 0.364. The number of nitrogens with two attached hydrogens (primary N) is 1. The average Bonchev–Trinajstić information content (AvgIpc) is 2.26. The van der Waals surface area contributed by atoms with Gasteiger partial charge in [-0.15, -0.1) is 0 Å². The number of halogens is 2. The van der Waals surface area contributed by atoms with Crippen LogP contribution in [0.1, 0.15) is 13.8 Å². The second kappa shape index (κ2) is 5.59. The number of hydrogen-bond donors (Lipinski definition) is 2. The summed E-state index contributed by atoms with van der Waals surface area (Å²) >= 11 is 0. The predicted molar refractivity (Wildman–Crippen MR) is 64.5 cm³/mol. The van der Waals surface area contributed by atoms with Gasteiger partial charge < -0.3 is 11.1 Å². The number of nitro groups is 1. The lowest BCUT2D eigenvalue weighted by atomic mass is 10.0. The van der Waals surface area contributed by atoms with Crippen molar-refractivity contribution >= 4 is 17.3 Å². The number of amides is 1. The van der Waals surface area contributed by atoms with Gasteiger partial charge in [0.15, 0.2) is 11.6 Å². The third kappa shape index (κ3) is 3.36. The molecule has 0 fully saturated rings. The Balaban J connectivity index is 3.14. The molecule has 1 atom stereocenters. The van der Waals surface area contributed by atoms with E-state index in [4.69, 9.17) is 5.73 Å². The van der Waals surface area contributed by atoms with E-state index in [-0.39, 0.29) is 5.92 Å². The Bertz CT molecular complexity index is 497. The minimum atomic E-state index is -1.15. The van der Waals surface area contributed by atoms with E-state index in [0.717, 1.165) is 0 Å². The molecule has 0 heterocycles. The molecule has 0 aliphatic carbocycles. The van der Waals surface area contributed by atoms with Gasteiger partial charge >= 0.3 is 0 Å². The van der Waals surface area contributed by atoms with Gasteiger partial charge in [-0.3, -0.25) is 14.9 Å². The SMILES string of the molecule is CC(C)C(Nc1c(F)cc([N+](=O)[O-])cc1F)C(N)=O. The number of carbonyl (C=O) groups is 1. The van der Waals surface area contributed by atoms with Crippen LogP contribution < -0.4 is 11.1 Å². The van der Waals surface area contributed by atoms with E-state index in [9.17, 15) is 23.7 Å². The van der Waals surface area contributed by atoms with E-state index in [2.05, 4.69) is 5.32 Å². The number of benzene rings is 1. The normalized spacial score (nSPS) is 12.3. The summed E-state index contributed by atoms with van der Waals surface area (Å²) in [6.07, 6.45) is 0. The van der Waals surface area contributed by atoms with E-state index in [1.54, 1.807) is 13.8 Å². The Morgan fingerprint density at radius 2 is 1.84 bits per heavy atom. The van der Waals surface area contributed by atoms with Gasteiger partial charge in [-0.1, -0.05) is 13.8 Å². The molecule has 6 nitrogen and oxygen atoms in total. The standard InChI is InChI=1S/C11H13F2N3O3/c1-5(2)9(11(14)17)15-10-7(12)3-6(16(18)19)4-8(10)13/h3-5,9,15H,1-2H3,(H2,14,17). The van der Waals surface area contributed by atoms with E-state index >= 15 is 0 Å². The Hall–Kier alpha value is -2.25. The molecule has 104 valence electrons. The van der Waals surface area contributed by atoms with E-state index in [0.29, 0.717) is 12.1 Å². The number of nitro benzene ring substituents is 1. The molecule has 0 aromatic heterocycles. The topological polar surface area (TPSA) is 98.3 Å². The quantitative estimate of drug-likeness (QED) is 0.631. The zero-order valence-corrected chi connectivity index (χ0v) is 10.3. The fourth-order valence-electron chi connectivity index (χ4n) is 1.52. The summed E-state index contributed by atoms with van der Waals surface area (Å²) in [4.78, 5) is 20.7. The molecule has 0 saturated carbocycles. The summed E-state index contributed by atoms with van der Waals surface area (Å²) in [5.41, 5.74) is 3.79. The third-order valence-electron chi connectivity index (χ3n) is 2.51. The molecule has 8 heteroatoms. The molecule has 0 saturated heterocycles. The summed E-state index contributed by atoms with van der Waals surface area (Å²) in [5, 5.41) is 12.8. The molecule has 1 amide bonds. The first-order valence-electron chi connectivity index (χ1n) is 5.43. The lowest BCUT2D eigenvalue weighted by molar-refractivity contribution is -0.385. The summed E-state index contributed by atoms with van der Waals surface area (Å²) in [5.74, 6) is -3.38. The lowest BCUT2D eigenvalue weighted by Gasteiger charge is -2.20. The number of hydrogen-bond acceptors (Lipinski definition) is 4. The zero-order chi connectivity index (χ0) is 14.7. The summed E-state index contributed by atoms with van der Waals surface area (Å²) in [7, 11) is 0. The number of carbonyl (C=O) groups excluding carboxylic acids is 1. The predicted octanol–water partition coefficient (Wildman–Crippen LogP) is 1.79. The maximum absolute atomic E-state index is 13.6. The van der Waals surface area contributed by atoms with Crippen LogP contribution in [0.3, 0.4) is 0 Å². The van der Waals surface area contributed by atoms with E-state index in [1.165, 1.54) is 0 Å². The number of nitrogens with one attached hydrogen (secondary N) is 1.